The Morgan fingerprint density at radius 3 is 2.09 bits per heavy atom. The van der Waals surface area contributed by atoms with Crippen molar-refractivity contribution in [1.82, 2.24) is 0 Å². The standard InChI is InChI=1S/C6H10O5/c1-6(2,4(7)8)5(9)11-10-3/h1-3H3,(H,7,8)/p-1. The van der Waals surface area contributed by atoms with Gasteiger partial charge in [0.2, 0.25) is 0 Å². The van der Waals surface area contributed by atoms with Crippen LogP contribution in [0.25, 0.3) is 0 Å². The molecule has 0 saturated heterocycles. The summed E-state index contributed by atoms with van der Waals surface area (Å²) in [5.74, 6) is -2.49. The Balaban J connectivity index is 4.30. The van der Waals surface area contributed by atoms with E-state index in [-0.39, 0.29) is 0 Å². The van der Waals surface area contributed by atoms with Gasteiger partial charge < -0.3 is 9.90 Å². The Kier molecular flexibility index (Phi) is 3.00. The molecule has 64 valence electrons. The van der Waals surface area contributed by atoms with Gasteiger partial charge in [-0.25, -0.2) is 4.79 Å². The van der Waals surface area contributed by atoms with Crippen molar-refractivity contribution in [1.29, 1.82) is 0 Å². The van der Waals surface area contributed by atoms with Crippen LogP contribution < -0.4 is 5.11 Å². The first-order valence-corrected chi connectivity index (χ1v) is 2.89. The van der Waals surface area contributed by atoms with Crippen molar-refractivity contribution in [2.45, 2.75) is 13.8 Å². The number of carbonyl (C=O) groups is 2. The number of carbonyl (C=O) groups excluding carboxylic acids is 2. The molecule has 0 aliphatic heterocycles. The fraction of sp³-hybridized carbons (Fsp3) is 0.667. The molecule has 0 aliphatic rings. The van der Waals surface area contributed by atoms with Gasteiger partial charge in [0, 0.05) is 0 Å². The highest BCUT2D eigenvalue weighted by Crippen LogP contribution is 2.15. The van der Waals surface area contributed by atoms with Crippen LogP contribution in [0, 0.1) is 5.41 Å². The van der Waals surface area contributed by atoms with Gasteiger partial charge in [-0.1, -0.05) is 0 Å². The molecule has 0 saturated carbocycles. The summed E-state index contributed by atoms with van der Waals surface area (Å²) in [6, 6.07) is 0. The summed E-state index contributed by atoms with van der Waals surface area (Å²) in [5.41, 5.74) is -1.67. The van der Waals surface area contributed by atoms with Crippen LogP contribution in [0.1, 0.15) is 13.8 Å². The molecule has 0 heterocycles. The zero-order chi connectivity index (χ0) is 9.07. The highest BCUT2D eigenvalue weighted by Gasteiger charge is 2.31. The van der Waals surface area contributed by atoms with Crippen molar-refractivity contribution in [2.75, 3.05) is 7.11 Å². The fourth-order valence-corrected chi connectivity index (χ4v) is 0.263. The minimum Gasteiger partial charge on any atom is -0.549 e. The van der Waals surface area contributed by atoms with Crippen LogP contribution in [-0.4, -0.2) is 19.0 Å². The van der Waals surface area contributed by atoms with Gasteiger partial charge in [0.1, 0.15) is 5.41 Å². The molecule has 0 aromatic rings. The molecular weight excluding hydrogens is 152 g/mol. The number of aliphatic carboxylic acids is 1. The van der Waals surface area contributed by atoms with Crippen molar-refractivity contribution in [2.24, 2.45) is 5.41 Å². The SMILES string of the molecule is COOC(=O)C(C)(C)C(=O)[O-]. The topological polar surface area (TPSA) is 75.7 Å². The maximum Gasteiger partial charge on any atom is 0.353 e. The molecule has 0 aromatic carbocycles. The minimum absolute atomic E-state index is 0.986. The van der Waals surface area contributed by atoms with E-state index in [0.717, 1.165) is 7.11 Å². The summed E-state index contributed by atoms with van der Waals surface area (Å²) in [5, 5.41) is 10.3. The van der Waals surface area contributed by atoms with E-state index < -0.39 is 17.4 Å². The van der Waals surface area contributed by atoms with Crippen molar-refractivity contribution in [3.8, 4) is 0 Å². The molecule has 0 rings (SSSR count). The van der Waals surface area contributed by atoms with Crippen LogP contribution >= 0.6 is 0 Å². The van der Waals surface area contributed by atoms with Crippen molar-refractivity contribution < 1.29 is 24.5 Å². The third-order valence-corrected chi connectivity index (χ3v) is 1.18. The van der Waals surface area contributed by atoms with Crippen LogP contribution in [0.2, 0.25) is 0 Å². The van der Waals surface area contributed by atoms with Crippen LogP contribution in [-0.2, 0) is 19.4 Å². The second-order valence-electron chi connectivity index (χ2n) is 2.45. The van der Waals surface area contributed by atoms with E-state index in [0.29, 0.717) is 0 Å². The molecule has 0 radical (unpaired) electrons. The molecule has 0 aromatic heterocycles. The lowest BCUT2D eigenvalue weighted by Gasteiger charge is -2.21. The lowest BCUT2D eigenvalue weighted by atomic mass is 9.94. The van der Waals surface area contributed by atoms with Crippen LogP contribution in [0.3, 0.4) is 0 Å². The van der Waals surface area contributed by atoms with E-state index in [1.54, 1.807) is 0 Å². The third kappa shape index (κ3) is 2.19. The van der Waals surface area contributed by atoms with E-state index in [1.807, 2.05) is 0 Å². The summed E-state index contributed by atoms with van der Waals surface area (Å²) in [6.07, 6.45) is 0. The average Bonchev–Trinajstić information content (AvgIpc) is 1.88. The highest BCUT2D eigenvalue weighted by atomic mass is 17.2. The van der Waals surface area contributed by atoms with Crippen molar-refractivity contribution in [3.63, 3.8) is 0 Å². The quantitative estimate of drug-likeness (QED) is 0.297. The minimum atomic E-state index is -1.67. The summed E-state index contributed by atoms with van der Waals surface area (Å²) < 4.78 is 0. The Bertz CT molecular complexity index is 172. The first-order valence-electron chi connectivity index (χ1n) is 2.89. The second-order valence-corrected chi connectivity index (χ2v) is 2.45. The molecule has 0 amide bonds. The molecule has 11 heavy (non-hydrogen) atoms. The van der Waals surface area contributed by atoms with E-state index in [4.69, 9.17) is 0 Å². The molecule has 0 unspecified atom stereocenters. The molecule has 0 fully saturated rings. The van der Waals surface area contributed by atoms with Crippen LogP contribution in [0.5, 0.6) is 0 Å². The lowest BCUT2D eigenvalue weighted by molar-refractivity contribution is -0.321. The second kappa shape index (κ2) is 3.34. The van der Waals surface area contributed by atoms with Gasteiger partial charge in [-0.05, 0) is 13.8 Å². The Labute approximate surface area is 63.8 Å². The van der Waals surface area contributed by atoms with E-state index >= 15 is 0 Å². The monoisotopic (exact) mass is 161 g/mol. The molecule has 0 bridgehead atoms. The van der Waals surface area contributed by atoms with Gasteiger partial charge >= 0.3 is 5.97 Å². The van der Waals surface area contributed by atoms with Crippen molar-refractivity contribution in [3.05, 3.63) is 0 Å². The number of carboxylic acid groups (broad SMARTS) is 1. The first-order chi connectivity index (χ1) is 4.92. The predicted molar refractivity (Wildman–Crippen MR) is 31.9 cm³/mol. The lowest BCUT2D eigenvalue weighted by Crippen LogP contribution is -2.44. The highest BCUT2D eigenvalue weighted by molar-refractivity contribution is 5.96. The summed E-state index contributed by atoms with van der Waals surface area (Å²) in [6.45, 7) is 2.34. The van der Waals surface area contributed by atoms with Crippen LogP contribution in [0.4, 0.5) is 0 Å². The third-order valence-electron chi connectivity index (χ3n) is 1.18. The summed E-state index contributed by atoms with van der Waals surface area (Å²) in [7, 11) is 1.11. The van der Waals surface area contributed by atoms with Gasteiger partial charge in [-0.3, -0.25) is 4.89 Å². The van der Waals surface area contributed by atoms with Gasteiger partial charge in [-0.2, -0.15) is 4.89 Å². The van der Waals surface area contributed by atoms with E-state index in [9.17, 15) is 14.7 Å². The zero-order valence-electron chi connectivity index (χ0n) is 6.54. The predicted octanol–water partition coefficient (Wildman–Crippen LogP) is -1.13. The Morgan fingerprint density at radius 2 is 1.82 bits per heavy atom. The Morgan fingerprint density at radius 1 is 1.36 bits per heavy atom. The number of hydrogen-bond donors (Lipinski definition) is 0. The van der Waals surface area contributed by atoms with Gasteiger partial charge in [-0.15, -0.1) is 0 Å². The maximum atomic E-state index is 10.7. The Hall–Kier alpha value is -1.10. The average molecular weight is 161 g/mol. The largest absolute Gasteiger partial charge is 0.549 e. The number of hydrogen-bond acceptors (Lipinski definition) is 5. The van der Waals surface area contributed by atoms with Gasteiger partial charge in [0.15, 0.2) is 0 Å². The molecule has 0 aliphatic carbocycles. The fourth-order valence-electron chi connectivity index (χ4n) is 0.263. The van der Waals surface area contributed by atoms with Gasteiger partial charge in [0.25, 0.3) is 0 Å². The zero-order valence-corrected chi connectivity index (χ0v) is 6.54. The number of carboxylic acids is 1. The molecule has 5 nitrogen and oxygen atoms in total. The molecule has 0 atom stereocenters. The molecule has 0 N–H and O–H groups in total. The molecular formula is C6H9O5-. The van der Waals surface area contributed by atoms with Crippen LogP contribution in [0.15, 0.2) is 0 Å². The van der Waals surface area contributed by atoms with E-state index in [1.165, 1.54) is 13.8 Å². The number of rotatable bonds is 3. The summed E-state index contributed by atoms with van der Waals surface area (Å²) in [4.78, 5) is 29.0. The molecule has 5 heteroatoms. The molecule has 0 spiro atoms. The van der Waals surface area contributed by atoms with E-state index in [2.05, 4.69) is 9.78 Å². The summed E-state index contributed by atoms with van der Waals surface area (Å²) >= 11 is 0. The first kappa shape index (κ1) is 9.90. The van der Waals surface area contributed by atoms with Gasteiger partial charge in [0.05, 0.1) is 13.1 Å². The maximum absolute atomic E-state index is 10.7. The van der Waals surface area contributed by atoms with Crippen molar-refractivity contribution >= 4 is 11.9 Å². The smallest absolute Gasteiger partial charge is 0.353 e. The normalized spacial score (nSPS) is 10.8.